The third-order valence-electron chi connectivity index (χ3n) is 5.03. The van der Waals surface area contributed by atoms with Gasteiger partial charge in [0, 0.05) is 37.6 Å². The first-order valence-electron chi connectivity index (χ1n) is 9.66. The molecule has 0 unspecified atom stereocenters. The van der Waals surface area contributed by atoms with Crippen LogP contribution in [0.3, 0.4) is 0 Å². The number of carbonyl (C=O) groups is 2. The fourth-order valence-electron chi connectivity index (χ4n) is 3.36. The van der Waals surface area contributed by atoms with Crippen LogP contribution in [0.5, 0.6) is 0 Å². The minimum absolute atomic E-state index is 0.0436. The minimum Gasteiger partial charge on any atom is -0.340 e. The summed E-state index contributed by atoms with van der Waals surface area (Å²) in [6, 6.07) is 9.29. The number of carbonyl (C=O) groups excluding carboxylic acids is 2. The topological polar surface area (TPSA) is 52.7 Å². The van der Waals surface area contributed by atoms with Crippen LogP contribution in [0.25, 0.3) is 0 Å². The molecule has 5 nitrogen and oxygen atoms in total. The number of hydrogen-bond donors (Lipinski definition) is 1. The van der Waals surface area contributed by atoms with E-state index in [1.165, 1.54) is 23.1 Å². The maximum absolute atomic E-state index is 13.9. The van der Waals surface area contributed by atoms with Crippen molar-refractivity contribution in [2.75, 3.05) is 26.2 Å². The Morgan fingerprint density at radius 2 is 1.83 bits per heavy atom. The summed E-state index contributed by atoms with van der Waals surface area (Å²) in [6.45, 7) is 7.44. The molecule has 3 rings (SSSR count). The number of piperazine rings is 1. The van der Waals surface area contributed by atoms with Gasteiger partial charge < -0.3 is 10.2 Å². The van der Waals surface area contributed by atoms with E-state index in [9.17, 15) is 14.0 Å². The monoisotopic (exact) mass is 481 g/mol. The van der Waals surface area contributed by atoms with Gasteiger partial charge in [0.1, 0.15) is 11.9 Å². The zero-order valence-corrected chi connectivity index (χ0v) is 18.9. The lowest BCUT2D eigenvalue weighted by Gasteiger charge is -2.37. The van der Waals surface area contributed by atoms with E-state index < -0.39 is 17.8 Å². The van der Waals surface area contributed by atoms with E-state index in [2.05, 4.69) is 32.2 Å². The Hall–Kier alpha value is -1.77. The van der Waals surface area contributed by atoms with Crippen LogP contribution in [0, 0.1) is 11.7 Å². The number of benzene rings is 1. The quantitative estimate of drug-likeness (QED) is 0.683. The lowest BCUT2D eigenvalue weighted by molar-refractivity contribution is -0.136. The molecule has 1 aliphatic rings. The van der Waals surface area contributed by atoms with Crippen LogP contribution in [-0.4, -0.2) is 53.8 Å². The van der Waals surface area contributed by atoms with Crippen LogP contribution in [0.1, 0.15) is 29.1 Å². The standard InChI is InChI=1S/C21H25BrFN3O2S/c1-14(2)19(24-20(27)16-5-3-4-6-17(16)23)21(28)26-11-9-25(10-12-26)13-15-7-8-18(22)29-15/h3-8,14,19H,9-13H2,1-2H3,(H,24,27)/t19-/m0/s1. The zero-order chi connectivity index (χ0) is 21.0. The number of rotatable bonds is 6. The van der Waals surface area contributed by atoms with Crippen LogP contribution in [0.4, 0.5) is 4.39 Å². The van der Waals surface area contributed by atoms with Gasteiger partial charge in [-0.15, -0.1) is 11.3 Å². The van der Waals surface area contributed by atoms with Crippen molar-refractivity contribution in [1.29, 1.82) is 0 Å². The molecule has 1 N–H and O–H groups in total. The first kappa shape index (κ1) is 21.9. The Bertz CT molecular complexity index is 865. The van der Waals surface area contributed by atoms with Gasteiger partial charge in [-0.05, 0) is 46.1 Å². The van der Waals surface area contributed by atoms with Crippen LogP contribution < -0.4 is 5.32 Å². The smallest absolute Gasteiger partial charge is 0.254 e. The van der Waals surface area contributed by atoms with Crippen molar-refractivity contribution in [1.82, 2.24) is 15.1 Å². The molecule has 8 heteroatoms. The van der Waals surface area contributed by atoms with E-state index in [4.69, 9.17) is 0 Å². The number of thiophene rings is 1. The average molecular weight is 482 g/mol. The molecular weight excluding hydrogens is 457 g/mol. The van der Waals surface area contributed by atoms with Crippen LogP contribution in [-0.2, 0) is 11.3 Å². The van der Waals surface area contributed by atoms with Crippen molar-refractivity contribution in [3.05, 3.63) is 56.4 Å². The van der Waals surface area contributed by atoms with E-state index in [1.54, 1.807) is 22.3 Å². The number of amides is 2. The summed E-state index contributed by atoms with van der Waals surface area (Å²) in [6.07, 6.45) is 0. The number of nitrogens with one attached hydrogen (secondary N) is 1. The first-order valence-corrected chi connectivity index (χ1v) is 11.3. The Balaban J connectivity index is 1.58. The zero-order valence-electron chi connectivity index (χ0n) is 16.5. The summed E-state index contributed by atoms with van der Waals surface area (Å²) in [5.41, 5.74) is -0.0436. The third kappa shape index (κ3) is 5.65. The van der Waals surface area contributed by atoms with E-state index in [0.29, 0.717) is 13.1 Å². The van der Waals surface area contributed by atoms with Gasteiger partial charge in [0.2, 0.25) is 5.91 Å². The number of hydrogen-bond acceptors (Lipinski definition) is 4. The molecule has 2 aromatic rings. The van der Waals surface area contributed by atoms with Crippen LogP contribution in [0.2, 0.25) is 0 Å². The molecule has 0 spiro atoms. The van der Waals surface area contributed by atoms with Crippen molar-refractivity contribution >= 4 is 39.1 Å². The van der Waals surface area contributed by atoms with E-state index in [-0.39, 0.29) is 17.4 Å². The molecule has 1 aliphatic heterocycles. The Kier molecular flexibility index (Phi) is 7.43. The average Bonchev–Trinajstić information content (AvgIpc) is 3.10. The fourth-order valence-corrected chi connectivity index (χ4v) is 4.88. The highest BCUT2D eigenvalue weighted by Gasteiger charge is 2.31. The molecule has 0 aliphatic carbocycles. The maximum atomic E-state index is 13.9. The molecule has 156 valence electrons. The molecule has 2 heterocycles. The molecule has 1 fully saturated rings. The Labute approximate surface area is 183 Å². The van der Waals surface area contributed by atoms with Gasteiger partial charge in [-0.25, -0.2) is 4.39 Å². The Morgan fingerprint density at radius 1 is 1.14 bits per heavy atom. The van der Waals surface area contributed by atoms with Crippen LogP contribution in [0.15, 0.2) is 40.2 Å². The highest BCUT2D eigenvalue weighted by molar-refractivity contribution is 9.11. The minimum atomic E-state index is -0.679. The molecule has 1 aromatic heterocycles. The molecule has 2 amide bonds. The number of nitrogens with zero attached hydrogens (tertiary/aromatic N) is 2. The molecule has 0 bridgehead atoms. The van der Waals surface area contributed by atoms with E-state index in [0.717, 1.165) is 23.4 Å². The second kappa shape index (κ2) is 9.82. The normalized spacial score (nSPS) is 16.1. The van der Waals surface area contributed by atoms with Crippen molar-refractivity contribution in [2.45, 2.75) is 26.4 Å². The molecule has 0 saturated carbocycles. The highest BCUT2D eigenvalue weighted by atomic mass is 79.9. The lowest BCUT2D eigenvalue weighted by atomic mass is 10.0. The van der Waals surface area contributed by atoms with Gasteiger partial charge in [-0.3, -0.25) is 14.5 Å². The van der Waals surface area contributed by atoms with Gasteiger partial charge in [-0.1, -0.05) is 26.0 Å². The SMILES string of the molecule is CC(C)[C@H](NC(=O)c1ccccc1F)C(=O)N1CCN(Cc2ccc(Br)s2)CC1. The molecule has 29 heavy (non-hydrogen) atoms. The van der Waals surface area contributed by atoms with Gasteiger partial charge >= 0.3 is 0 Å². The summed E-state index contributed by atoms with van der Waals surface area (Å²) in [4.78, 5) is 31.0. The number of halogens is 2. The predicted molar refractivity (Wildman–Crippen MR) is 116 cm³/mol. The van der Waals surface area contributed by atoms with Crippen molar-refractivity contribution in [2.24, 2.45) is 5.92 Å². The summed E-state index contributed by atoms with van der Waals surface area (Å²) < 4.78 is 15.0. The van der Waals surface area contributed by atoms with E-state index in [1.807, 2.05) is 19.9 Å². The third-order valence-corrected chi connectivity index (χ3v) is 6.64. The molecule has 0 radical (unpaired) electrons. The highest BCUT2D eigenvalue weighted by Crippen LogP contribution is 2.23. The fraction of sp³-hybridized carbons (Fsp3) is 0.429. The maximum Gasteiger partial charge on any atom is 0.254 e. The van der Waals surface area contributed by atoms with Gasteiger partial charge in [-0.2, -0.15) is 0 Å². The second-order valence-corrected chi connectivity index (χ2v) is 10.0. The molecular formula is C21H25BrFN3O2S. The molecule has 1 atom stereocenters. The van der Waals surface area contributed by atoms with E-state index >= 15 is 0 Å². The van der Waals surface area contributed by atoms with Crippen molar-refractivity contribution in [3.63, 3.8) is 0 Å². The largest absolute Gasteiger partial charge is 0.340 e. The van der Waals surface area contributed by atoms with Crippen molar-refractivity contribution < 1.29 is 14.0 Å². The van der Waals surface area contributed by atoms with Gasteiger partial charge in [0.25, 0.3) is 5.91 Å². The molecule has 1 aromatic carbocycles. The summed E-state index contributed by atoms with van der Waals surface area (Å²) in [5, 5.41) is 2.74. The van der Waals surface area contributed by atoms with Gasteiger partial charge in [0.05, 0.1) is 9.35 Å². The second-order valence-electron chi connectivity index (χ2n) is 7.48. The van der Waals surface area contributed by atoms with Crippen molar-refractivity contribution in [3.8, 4) is 0 Å². The Morgan fingerprint density at radius 3 is 2.41 bits per heavy atom. The summed E-state index contributed by atoms with van der Waals surface area (Å²) in [7, 11) is 0. The predicted octanol–water partition coefficient (Wildman–Crippen LogP) is 3.75. The lowest BCUT2D eigenvalue weighted by Crippen LogP contribution is -2.56. The molecule has 1 saturated heterocycles. The summed E-state index contributed by atoms with van der Waals surface area (Å²) >= 11 is 5.20. The van der Waals surface area contributed by atoms with Gasteiger partial charge in [0.15, 0.2) is 0 Å². The first-order chi connectivity index (χ1) is 13.8. The van der Waals surface area contributed by atoms with Crippen LogP contribution >= 0.6 is 27.3 Å². The summed E-state index contributed by atoms with van der Waals surface area (Å²) in [5.74, 6) is -1.35.